The second-order valence-corrected chi connectivity index (χ2v) is 4.91. The van der Waals surface area contributed by atoms with Crippen LogP contribution in [0.2, 0.25) is 0 Å². The van der Waals surface area contributed by atoms with Gasteiger partial charge in [0, 0.05) is 38.8 Å². The largest absolute Gasteiger partial charge is 0.395 e. The molecule has 1 aromatic carbocycles. The van der Waals surface area contributed by atoms with Gasteiger partial charge < -0.3 is 15.3 Å². The predicted molar refractivity (Wildman–Crippen MR) is 75.0 cm³/mol. The van der Waals surface area contributed by atoms with Crippen LogP contribution >= 0.6 is 0 Å². The normalized spacial score (nSPS) is 18.6. The van der Waals surface area contributed by atoms with E-state index in [0.29, 0.717) is 5.69 Å². The van der Waals surface area contributed by atoms with Crippen molar-refractivity contribution < 1.29 is 9.50 Å². The topological polar surface area (TPSA) is 38.7 Å². The molecule has 0 spiro atoms. The Balaban J connectivity index is 1.87. The summed E-state index contributed by atoms with van der Waals surface area (Å²) in [5, 5.41) is 12.3. The number of piperazine rings is 1. The number of rotatable bonds is 5. The molecule has 1 unspecified atom stereocenters. The number of aliphatic hydroxyl groups excluding tert-OH is 1. The molecule has 1 aromatic rings. The fourth-order valence-electron chi connectivity index (χ4n) is 2.43. The van der Waals surface area contributed by atoms with Gasteiger partial charge in [-0.2, -0.15) is 0 Å². The molecular weight excluding hydrogens is 245 g/mol. The van der Waals surface area contributed by atoms with E-state index in [2.05, 4.69) is 15.1 Å². The number of aliphatic hydroxyl groups is 1. The maximum absolute atomic E-state index is 13.7. The Morgan fingerprint density at radius 1 is 1.26 bits per heavy atom. The SMILES string of the molecule is CNC(CO)CN1CCN(c2ccccc2F)CC1. The van der Waals surface area contributed by atoms with E-state index in [9.17, 15) is 9.50 Å². The van der Waals surface area contributed by atoms with Crippen molar-refractivity contribution in [2.75, 3.05) is 51.3 Å². The Bertz CT molecular complexity index is 390. The summed E-state index contributed by atoms with van der Waals surface area (Å²) < 4.78 is 13.7. The minimum atomic E-state index is -0.153. The van der Waals surface area contributed by atoms with Crippen molar-refractivity contribution >= 4 is 5.69 Å². The molecule has 2 rings (SSSR count). The first kappa shape index (κ1) is 14.2. The lowest BCUT2D eigenvalue weighted by Gasteiger charge is -2.37. The number of nitrogens with one attached hydrogen (secondary N) is 1. The van der Waals surface area contributed by atoms with Crippen molar-refractivity contribution in [3.8, 4) is 0 Å². The molecule has 0 aromatic heterocycles. The second-order valence-electron chi connectivity index (χ2n) is 4.91. The quantitative estimate of drug-likeness (QED) is 0.816. The molecule has 5 heteroatoms. The van der Waals surface area contributed by atoms with E-state index in [-0.39, 0.29) is 18.5 Å². The Kier molecular flexibility index (Phi) is 5.13. The van der Waals surface area contributed by atoms with Crippen LogP contribution in [0.25, 0.3) is 0 Å². The number of likely N-dealkylation sites (N-methyl/N-ethyl adjacent to an activating group) is 1. The first-order valence-electron chi connectivity index (χ1n) is 6.74. The van der Waals surface area contributed by atoms with Crippen LogP contribution in [0, 0.1) is 5.82 Å². The molecule has 0 aliphatic carbocycles. The summed E-state index contributed by atoms with van der Waals surface area (Å²) in [5.74, 6) is -0.153. The molecule has 2 N–H and O–H groups in total. The molecule has 0 bridgehead atoms. The molecule has 1 heterocycles. The van der Waals surface area contributed by atoms with Crippen LogP contribution < -0.4 is 10.2 Å². The number of hydrogen-bond donors (Lipinski definition) is 2. The smallest absolute Gasteiger partial charge is 0.146 e. The summed E-state index contributed by atoms with van der Waals surface area (Å²) in [6, 6.07) is 7.03. The van der Waals surface area contributed by atoms with Crippen LogP contribution in [0.15, 0.2) is 24.3 Å². The fourth-order valence-corrected chi connectivity index (χ4v) is 2.43. The van der Waals surface area contributed by atoms with Crippen LogP contribution in [-0.4, -0.2) is 62.4 Å². The Hall–Kier alpha value is -1.17. The summed E-state index contributed by atoms with van der Waals surface area (Å²) >= 11 is 0. The van der Waals surface area contributed by atoms with Crippen LogP contribution in [0.5, 0.6) is 0 Å². The molecule has 0 amide bonds. The molecule has 1 saturated heterocycles. The maximum Gasteiger partial charge on any atom is 0.146 e. The molecular formula is C14H22FN3O. The molecule has 19 heavy (non-hydrogen) atoms. The summed E-state index contributed by atoms with van der Waals surface area (Å²) in [7, 11) is 1.86. The van der Waals surface area contributed by atoms with Crippen molar-refractivity contribution in [3.05, 3.63) is 30.1 Å². The molecule has 0 saturated carbocycles. The Labute approximate surface area is 113 Å². The van der Waals surface area contributed by atoms with Gasteiger partial charge in [-0.05, 0) is 19.2 Å². The van der Waals surface area contributed by atoms with Crippen molar-refractivity contribution in [3.63, 3.8) is 0 Å². The third-order valence-electron chi connectivity index (χ3n) is 3.67. The molecule has 1 atom stereocenters. The Morgan fingerprint density at radius 2 is 1.95 bits per heavy atom. The molecule has 1 aliphatic rings. The van der Waals surface area contributed by atoms with E-state index in [1.807, 2.05) is 19.2 Å². The number of para-hydroxylation sites is 1. The highest BCUT2D eigenvalue weighted by Crippen LogP contribution is 2.20. The van der Waals surface area contributed by atoms with E-state index in [1.165, 1.54) is 6.07 Å². The first-order valence-corrected chi connectivity index (χ1v) is 6.74. The highest BCUT2D eigenvalue weighted by molar-refractivity contribution is 5.47. The van der Waals surface area contributed by atoms with Crippen molar-refractivity contribution in [1.82, 2.24) is 10.2 Å². The monoisotopic (exact) mass is 267 g/mol. The third kappa shape index (κ3) is 3.65. The first-order chi connectivity index (χ1) is 9.24. The van der Waals surface area contributed by atoms with E-state index >= 15 is 0 Å². The minimum absolute atomic E-state index is 0.111. The summed E-state index contributed by atoms with van der Waals surface area (Å²) in [5.41, 5.74) is 0.689. The van der Waals surface area contributed by atoms with Gasteiger partial charge in [0.1, 0.15) is 5.82 Å². The van der Waals surface area contributed by atoms with Crippen LogP contribution in [0.3, 0.4) is 0 Å². The lowest BCUT2D eigenvalue weighted by atomic mass is 10.2. The number of benzene rings is 1. The highest BCUT2D eigenvalue weighted by Gasteiger charge is 2.20. The van der Waals surface area contributed by atoms with Crippen molar-refractivity contribution in [1.29, 1.82) is 0 Å². The van der Waals surface area contributed by atoms with Crippen molar-refractivity contribution in [2.45, 2.75) is 6.04 Å². The summed E-state index contributed by atoms with van der Waals surface area (Å²) in [4.78, 5) is 4.38. The van der Waals surface area contributed by atoms with Crippen LogP contribution in [-0.2, 0) is 0 Å². The number of anilines is 1. The van der Waals surface area contributed by atoms with E-state index < -0.39 is 0 Å². The molecule has 1 aliphatic heterocycles. The van der Waals surface area contributed by atoms with Gasteiger partial charge in [0.05, 0.1) is 12.3 Å². The molecule has 4 nitrogen and oxygen atoms in total. The second kappa shape index (κ2) is 6.84. The maximum atomic E-state index is 13.7. The zero-order valence-corrected chi connectivity index (χ0v) is 11.3. The Morgan fingerprint density at radius 3 is 2.53 bits per heavy atom. The van der Waals surface area contributed by atoms with E-state index in [1.54, 1.807) is 6.07 Å². The average Bonchev–Trinajstić information content (AvgIpc) is 2.46. The van der Waals surface area contributed by atoms with E-state index in [0.717, 1.165) is 32.7 Å². The summed E-state index contributed by atoms with van der Waals surface area (Å²) in [6.45, 7) is 4.41. The van der Waals surface area contributed by atoms with Gasteiger partial charge in [-0.1, -0.05) is 12.1 Å². The highest BCUT2D eigenvalue weighted by atomic mass is 19.1. The number of hydrogen-bond acceptors (Lipinski definition) is 4. The van der Waals surface area contributed by atoms with Crippen LogP contribution in [0.4, 0.5) is 10.1 Å². The number of nitrogens with zero attached hydrogens (tertiary/aromatic N) is 2. The fraction of sp³-hybridized carbons (Fsp3) is 0.571. The zero-order valence-electron chi connectivity index (χ0n) is 11.3. The van der Waals surface area contributed by atoms with Gasteiger partial charge >= 0.3 is 0 Å². The van der Waals surface area contributed by atoms with Gasteiger partial charge in [-0.3, -0.25) is 4.90 Å². The van der Waals surface area contributed by atoms with Gasteiger partial charge in [-0.15, -0.1) is 0 Å². The van der Waals surface area contributed by atoms with Gasteiger partial charge in [-0.25, -0.2) is 4.39 Å². The van der Waals surface area contributed by atoms with E-state index in [4.69, 9.17) is 0 Å². The summed E-state index contributed by atoms with van der Waals surface area (Å²) in [6.07, 6.45) is 0. The predicted octanol–water partition coefficient (Wildman–Crippen LogP) is 0.528. The molecule has 0 radical (unpaired) electrons. The van der Waals surface area contributed by atoms with Gasteiger partial charge in [0.2, 0.25) is 0 Å². The molecule has 1 fully saturated rings. The number of halogens is 1. The lowest BCUT2D eigenvalue weighted by molar-refractivity contribution is 0.180. The zero-order chi connectivity index (χ0) is 13.7. The third-order valence-corrected chi connectivity index (χ3v) is 3.67. The lowest BCUT2D eigenvalue weighted by Crippen LogP contribution is -2.51. The van der Waals surface area contributed by atoms with Crippen molar-refractivity contribution in [2.24, 2.45) is 0 Å². The van der Waals surface area contributed by atoms with Crippen LogP contribution in [0.1, 0.15) is 0 Å². The van der Waals surface area contributed by atoms with Gasteiger partial charge in [0.15, 0.2) is 0 Å². The average molecular weight is 267 g/mol. The standard InChI is InChI=1S/C14H22FN3O/c1-16-12(11-19)10-17-6-8-18(9-7-17)14-5-3-2-4-13(14)15/h2-5,12,16,19H,6-11H2,1H3. The molecule has 106 valence electrons. The minimum Gasteiger partial charge on any atom is -0.395 e. The van der Waals surface area contributed by atoms with Gasteiger partial charge in [0.25, 0.3) is 0 Å².